The van der Waals surface area contributed by atoms with Gasteiger partial charge in [-0.2, -0.15) is 20.4 Å². The highest BCUT2D eigenvalue weighted by Gasteiger charge is 1.98. The van der Waals surface area contributed by atoms with E-state index < -0.39 is 0 Å². The van der Waals surface area contributed by atoms with E-state index in [1.807, 2.05) is 176 Å². The monoisotopic (exact) mass is 1870 g/mol. The Morgan fingerprint density at radius 2 is 0.353 bits per heavy atom. The van der Waals surface area contributed by atoms with Gasteiger partial charge in [-0.05, 0) is 172 Å². The molecule has 0 saturated heterocycles. The van der Waals surface area contributed by atoms with Crippen LogP contribution in [0.2, 0.25) is 0 Å². The lowest BCUT2D eigenvalue weighted by molar-refractivity contribution is 0.736. The first kappa shape index (κ1) is 150. The fourth-order valence-electron chi connectivity index (χ4n) is 6.45. The molecule has 0 aliphatic heterocycles. The molecule has 136 heavy (non-hydrogen) atoms. The molecule has 0 saturated carbocycles. The summed E-state index contributed by atoms with van der Waals surface area (Å²) in [5.74, 6) is 15.0. The SMILES string of the molecule is CC(C)C.CC(C)C.CC(C)C.CC(C)C.CC(C)C.CC(C)C.CC(C)C.CC(C)C.CC(C)C.CC(C)C.CC(C)C.CC(C)C.CC(C)C.CC(C)C.CC(C)C.CC(C)C.CC(C)C.CC(C)C.c1ccc2cnccc2c1.c1ccc2cnncc2c1.c1ccc2nc3ccccc3cc2c1.c1ccc2nccnc2c1.c1ccc2ncncc2c1.c1ccc2nnccc2c1. The number of nitrogens with zero attached hydrogens (tertiary/aromatic N) is 10. The van der Waals surface area contributed by atoms with Gasteiger partial charge in [0.2, 0.25) is 0 Å². The van der Waals surface area contributed by atoms with E-state index in [0.717, 1.165) is 161 Å². The summed E-state index contributed by atoms with van der Waals surface area (Å²) in [5.41, 5.74) is 5.97. The Labute approximate surface area is 845 Å². The number of rotatable bonds is 0. The van der Waals surface area contributed by atoms with Crippen LogP contribution in [0.4, 0.5) is 0 Å². The lowest BCUT2D eigenvalue weighted by atomic mass is 10.1. The zero-order valence-corrected chi connectivity index (χ0v) is 99.0. The van der Waals surface area contributed by atoms with Gasteiger partial charge in [0.15, 0.2) is 0 Å². The van der Waals surface area contributed by atoms with Gasteiger partial charge in [0.1, 0.15) is 6.33 Å². The summed E-state index contributed by atoms with van der Waals surface area (Å²) in [4.78, 5) is 24.8. The van der Waals surface area contributed by atoms with Crippen molar-refractivity contribution in [1.82, 2.24) is 50.3 Å². The molecule has 0 spiro atoms. The molecule has 6 aromatic heterocycles. The Morgan fingerprint density at radius 1 is 0.147 bits per heavy atom. The Balaban J connectivity index is -0.000000136. The number of fused-ring (bicyclic) bond motifs is 7. The quantitative estimate of drug-likeness (QED) is 0.135. The maximum absolute atomic E-state index is 4.58. The van der Waals surface area contributed by atoms with E-state index in [4.69, 9.17) is 0 Å². The Bertz CT molecular complexity index is 3390. The van der Waals surface area contributed by atoms with Crippen molar-refractivity contribution >= 4 is 76.2 Å². The minimum absolute atomic E-state index is 0.833. The van der Waals surface area contributed by atoms with E-state index in [9.17, 15) is 0 Å². The normalized spacial score (nSPS) is 9.56. The fourth-order valence-corrected chi connectivity index (χ4v) is 6.45. The zero-order valence-electron chi connectivity index (χ0n) is 99.0. The van der Waals surface area contributed by atoms with E-state index >= 15 is 0 Å². The molecule has 7 aromatic carbocycles. The number of hydrogen-bond donors (Lipinski definition) is 0. The molecule has 0 atom stereocenters. The second kappa shape index (κ2) is 105. The first-order chi connectivity index (χ1) is 62.9. The van der Waals surface area contributed by atoms with Crippen LogP contribution in [0, 0.1) is 107 Å². The molecule has 10 heteroatoms. The molecule has 0 amide bonds. The van der Waals surface area contributed by atoms with Crippen LogP contribution in [0.1, 0.15) is 374 Å². The van der Waals surface area contributed by atoms with Crippen LogP contribution >= 0.6 is 0 Å². The van der Waals surface area contributed by atoms with Gasteiger partial charge in [-0.15, -0.1) is 0 Å². The van der Waals surface area contributed by atoms with Crippen molar-refractivity contribution < 1.29 is 0 Å². The van der Waals surface area contributed by atoms with Gasteiger partial charge in [0.05, 0.1) is 51.7 Å². The highest BCUT2D eigenvalue weighted by atomic mass is 15.1. The molecule has 0 radical (unpaired) electrons. The van der Waals surface area contributed by atoms with Crippen molar-refractivity contribution in [3.05, 3.63) is 244 Å². The molecule has 0 N–H and O–H groups in total. The van der Waals surface area contributed by atoms with Gasteiger partial charge in [0, 0.05) is 63.3 Å². The Hall–Kier alpha value is -9.02. The number of hydrogen-bond acceptors (Lipinski definition) is 10. The predicted molar refractivity (Wildman–Crippen MR) is 628 cm³/mol. The maximum Gasteiger partial charge on any atom is 0.116 e. The minimum atomic E-state index is 0.833. The van der Waals surface area contributed by atoms with Crippen molar-refractivity contribution in [3.8, 4) is 0 Å². The predicted octanol–water partition coefficient (Wildman–Crippen LogP) is 42.1. The summed E-state index contributed by atoms with van der Waals surface area (Å²) < 4.78 is 0. The van der Waals surface area contributed by atoms with Crippen molar-refractivity contribution in [2.75, 3.05) is 0 Å². The van der Waals surface area contributed by atoms with Gasteiger partial charge < -0.3 is 0 Å². The zero-order chi connectivity index (χ0) is 108. The van der Waals surface area contributed by atoms with E-state index in [1.54, 1.807) is 37.3 Å². The molecule has 0 fully saturated rings. The Kier molecular flexibility index (Phi) is 116. The molecular weight excluding hydrogens is 1650 g/mol. The third kappa shape index (κ3) is 156. The van der Waals surface area contributed by atoms with E-state index in [0.29, 0.717) is 0 Å². The van der Waals surface area contributed by atoms with Gasteiger partial charge in [-0.25, -0.2) is 15.0 Å². The van der Waals surface area contributed by atoms with E-state index in [2.05, 4.69) is 455 Å². The van der Waals surface area contributed by atoms with Gasteiger partial charge in [-0.1, -0.05) is 507 Å². The highest BCUT2D eigenvalue weighted by Crippen LogP contribution is 2.19. The highest BCUT2D eigenvalue weighted by molar-refractivity contribution is 5.92. The van der Waals surface area contributed by atoms with Gasteiger partial charge in [0.25, 0.3) is 0 Å². The summed E-state index contributed by atoms with van der Waals surface area (Å²) in [7, 11) is 0. The van der Waals surface area contributed by atoms with Crippen LogP contribution in [-0.4, -0.2) is 50.3 Å². The average Bonchev–Trinajstić information content (AvgIpc) is 0.806. The molecular formula is C126H220N10. The molecule has 0 aliphatic carbocycles. The standard InChI is InChI=1S/C13H9N.C9H7N.4C8H6N2.18C4H10/c1-3-7-12-10(5-1)9-11-6-2-4-8-13(11)14-12;1-2-4-9-7-10-6-5-8(9)3-1;1-2-4-8-7(3-1)5-9-6-10-8;1-2-4-8-6-10-9-5-7(8)3-1;1-2-4-8-7(3-1)9-5-6-10-8;1-2-4-8-7(3-1)5-6-9-10-8;18*1-4(2)3/h1-9H;1-7H;4*1-6H;18*4H,1-3H3. The van der Waals surface area contributed by atoms with Crippen LogP contribution in [0.5, 0.6) is 0 Å². The van der Waals surface area contributed by atoms with E-state index in [1.165, 1.54) is 21.5 Å². The summed E-state index contributed by atoms with van der Waals surface area (Å²) >= 11 is 0. The summed E-state index contributed by atoms with van der Waals surface area (Å²) in [6.45, 7) is 117. The van der Waals surface area contributed by atoms with Gasteiger partial charge >= 0.3 is 0 Å². The summed E-state index contributed by atoms with van der Waals surface area (Å²) in [6, 6.07) is 62.3. The van der Waals surface area contributed by atoms with Crippen LogP contribution in [0.15, 0.2) is 244 Å². The molecule has 774 valence electrons. The molecule has 10 nitrogen and oxygen atoms in total. The number of benzene rings is 7. The smallest absolute Gasteiger partial charge is 0.116 e. The molecule has 6 heterocycles. The maximum atomic E-state index is 4.58. The van der Waals surface area contributed by atoms with Crippen molar-refractivity contribution in [2.24, 2.45) is 107 Å². The fraction of sp³-hybridized carbons (Fsp3) is 0.571. The lowest BCUT2D eigenvalue weighted by Crippen LogP contribution is -1.80. The van der Waals surface area contributed by atoms with Crippen molar-refractivity contribution in [1.29, 1.82) is 0 Å². The first-order valence-corrected chi connectivity index (χ1v) is 51.6. The van der Waals surface area contributed by atoms with Crippen LogP contribution in [0.3, 0.4) is 0 Å². The second-order valence-electron chi connectivity index (χ2n) is 45.1. The van der Waals surface area contributed by atoms with Crippen LogP contribution in [0.25, 0.3) is 76.2 Å². The van der Waals surface area contributed by atoms with Gasteiger partial charge in [-0.3, -0.25) is 15.0 Å². The molecule has 0 unspecified atom stereocenters. The van der Waals surface area contributed by atoms with Crippen LogP contribution < -0.4 is 0 Å². The van der Waals surface area contributed by atoms with Crippen molar-refractivity contribution in [3.63, 3.8) is 0 Å². The topological polar surface area (TPSA) is 129 Å². The van der Waals surface area contributed by atoms with Crippen LogP contribution in [-0.2, 0) is 0 Å². The average molecular weight is 1880 g/mol. The number of aromatic nitrogens is 10. The molecule has 0 bridgehead atoms. The Morgan fingerprint density at radius 3 is 0.618 bits per heavy atom. The molecule has 0 aliphatic rings. The van der Waals surface area contributed by atoms with E-state index in [-0.39, 0.29) is 0 Å². The molecule has 13 rings (SSSR count). The third-order valence-electron chi connectivity index (χ3n) is 9.64. The first-order valence-electron chi connectivity index (χ1n) is 51.6. The third-order valence-corrected chi connectivity index (χ3v) is 9.64. The van der Waals surface area contributed by atoms with Crippen molar-refractivity contribution in [2.45, 2.75) is 374 Å². The molecule has 13 aromatic rings. The summed E-state index contributed by atoms with van der Waals surface area (Å²) in [6.07, 6.45) is 15.7. The minimum Gasteiger partial charge on any atom is -0.264 e. The summed E-state index contributed by atoms with van der Waals surface area (Å²) in [5, 5.41) is 24.6. The number of para-hydroxylation sites is 5. The number of pyridine rings is 2. The largest absolute Gasteiger partial charge is 0.264 e. The lowest BCUT2D eigenvalue weighted by Gasteiger charge is -1.99. The second-order valence-corrected chi connectivity index (χ2v) is 45.1.